The van der Waals surface area contributed by atoms with Gasteiger partial charge in [-0.1, -0.05) is 12.1 Å². The van der Waals surface area contributed by atoms with Gasteiger partial charge in [0.2, 0.25) is 0 Å². The first-order valence-electron chi connectivity index (χ1n) is 7.58. The summed E-state index contributed by atoms with van der Waals surface area (Å²) in [6.07, 6.45) is 3.53. The van der Waals surface area contributed by atoms with Crippen molar-refractivity contribution in [3.8, 4) is 5.82 Å². The Morgan fingerprint density at radius 2 is 2.04 bits per heavy atom. The van der Waals surface area contributed by atoms with Gasteiger partial charge in [-0.25, -0.2) is 9.97 Å². The van der Waals surface area contributed by atoms with E-state index in [1.54, 1.807) is 23.5 Å². The van der Waals surface area contributed by atoms with Gasteiger partial charge >= 0.3 is 0 Å². The number of likely N-dealkylation sites (tertiary alicyclic amines) is 1. The summed E-state index contributed by atoms with van der Waals surface area (Å²) in [7, 11) is 0. The molecule has 4 rings (SSSR count). The van der Waals surface area contributed by atoms with E-state index in [1.807, 2.05) is 34.9 Å². The Bertz CT molecular complexity index is 856. The number of aliphatic hydroxyl groups is 1. The molecule has 1 aromatic carbocycles. The van der Waals surface area contributed by atoms with E-state index in [1.165, 1.54) is 0 Å². The van der Waals surface area contributed by atoms with Gasteiger partial charge in [-0.05, 0) is 30.7 Å². The normalized spacial score (nSPS) is 17.8. The van der Waals surface area contributed by atoms with Gasteiger partial charge in [0.05, 0.1) is 22.7 Å². The second kappa shape index (κ2) is 5.48. The van der Waals surface area contributed by atoms with Gasteiger partial charge in [-0.2, -0.15) is 0 Å². The fraction of sp³-hybridized carbons (Fsp3) is 0.235. The number of benzene rings is 1. The summed E-state index contributed by atoms with van der Waals surface area (Å²) >= 11 is 0. The summed E-state index contributed by atoms with van der Waals surface area (Å²) in [5.74, 6) is 0.632. The molecule has 23 heavy (non-hydrogen) atoms. The van der Waals surface area contributed by atoms with Crippen molar-refractivity contribution in [2.75, 3.05) is 13.1 Å². The zero-order valence-electron chi connectivity index (χ0n) is 12.5. The number of carbonyl (C=O) groups excluding carboxylic acids is 1. The topological polar surface area (TPSA) is 71.2 Å². The smallest absolute Gasteiger partial charge is 0.255 e. The van der Waals surface area contributed by atoms with Crippen LogP contribution in [0.5, 0.6) is 0 Å². The molecular formula is C17H16N4O2. The predicted molar refractivity (Wildman–Crippen MR) is 85.4 cm³/mol. The molecule has 1 aliphatic heterocycles. The monoisotopic (exact) mass is 308 g/mol. The first kappa shape index (κ1) is 13.9. The molecule has 116 valence electrons. The molecule has 0 aliphatic carbocycles. The van der Waals surface area contributed by atoms with Crippen LogP contribution in [0.1, 0.15) is 16.8 Å². The maximum Gasteiger partial charge on any atom is 0.255 e. The minimum Gasteiger partial charge on any atom is -0.391 e. The number of rotatable bonds is 2. The Morgan fingerprint density at radius 3 is 2.78 bits per heavy atom. The molecule has 1 atom stereocenters. The molecule has 6 heteroatoms. The molecule has 0 saturated carbocycles. The maximum atomic E-state index is 12.4. The number of pyridine rings is 1. The zero-order chi connectivity index (χ0) is 15.8. The fourth-order valence-corrected chi connectivity index (χ4v) is 2.91. The van der Waals surface area contributed by atoms with Crippen molar-refractivity contribution in [1.29, 1.82) is 0 Å². The van der Waals surface area contributed by atoms with E-state index in [4.69, 9.17) is 0 Å². The Hall–Kier alpha value is -2.73. The molecule has 2 aromatic heterocycles. The second-order valence-electron chi connectivity index (χ2n) is 5.70. The van der Waals surface area contributed by atoms with Crippen LogP contribution in [0.2, 0.25) is 0 Å². The van der Waals surface area contributed by atoms with Crippen molar-refractivity contribution >= 4 is 16.9 Å². The maximum absolute atomic E-state index is 12.4. The molecule has 1 N–H and O–H groups in total. The molecule has 0 unspecified atom stereocenters. The number of imidazole rings is 1. The number of fused-ring (bicyclic) bond motifs is 1. The van der Waals surface area contributed by atoms with E-state index in [2.05, 4.69) is 9.97 Å². The number of carbonyl (C=O) groups is 1. The molecular weight excluding hydrogens is 292 g/mol. The van der Waals surface area contributed by atoms with Crippen LogP contribution in [0.3, 0.4) is 0 Å². The van der Waals surface area contributed by atoms with Gasteiger partial charge in [-0.3, -0.25) is 9.36 Å². The van der Waals surface area contributed by atoms with Gasteiger partial charge < -0.3 is 10.0 Å². The molecule has 1 amide bonds. The van der Waals surface area contributed by atoms with Gasteiger partial charge in [0.15, 0.2) is 0 Å². The third-order valence-corrected chi connectivity index (χ3v) is 4.15. The van der Waals surface area contributed by atoms with Gasteiger partial charge in [-0.15, -0.1) is 0 Å². The minimum absolute atomic E-state index is 0.0870. The van der Waals surface area contributed by atoms with Crippen molar-refractivity contribution in [1.82, 2.24) is 19.4 Å². The highest BCUT2D eigenvalue weighted by molar-refractivity contribution is 5.94. The molecule has 3 heterocycles. The average Bonchev–Trinajstić information content (AvgIpc) is 3.21. The molecule has 1 aliphatic rings. The van der Waals surface area contributed by atoms with Crippen LogP contribution in [0.15, 0.2) is 48.9 Å². The van der Waals surface area contributed by atoms with Crippen LogP contribution >= 0.6 is 0 Å². The Labute approximate surface area is 133 Å². The van der Waals surface area contributed by atoms with Crippen molar-refractivity contribution in [3.63, 3.8) is 0 Å². The lowest BCUT2D eigenvalue weighted by Crippen LogP contribution is -2.29. The number of hydrogen-bond donors (Lipinski definition) is 1. The van der Waals surface area contributed by atoms with E-state index in [-0.39, 0.29) is 5.91 Å². The van der Waals surface area contributed by atoms with E-state index in [0.29, 0.717) is 25.1 Å². The van der Waals surface area contributed by atoms with Gasteiger partial charge in [0.25, 0.3) is 5.91 Å². The number of para-hydroxylation sites is 2. The van der Waals surface area contributed by atoms with Crippen LogP contribution in [0.4, 0.5) is 0 Å². The standard InChI is InChI=1S/C17H16N4O2/c22-13-7-8-20(10-13)17(23)12-5-6-16(18-9-12)21-11-19-14-3-1-2-4-15(14)21/h1-6,9,11,13,22H,7-8,10H2/t13-/m1/s1. The Balaban J connectivity index is 1.62. The summed E-state index contributed by atoms with van der Waals surface area (Å²) in [6, 6.07) is 11.4. The van der Waals surface area contributed by atoms with Crippen LogP contribution in [-0.4, -0.2) is 49.6 Å². The summed E-state index contributed by atoms with van der Waals surface area (Å²) in [5, 5.41) is 9.55. The summed E-state index contributed by atoms with van der Waals surface area (Å²) in [4.78, 5) is 22.8. The Morgan fingerprint density at radius 1 is 1.17 bits per heavy atom. The highest BCUT2D eigenvalue weighted by Crippen LogP contribution is 2.18. The van der Waals surface area contributed by atoms with Crippen LogP contribution in [0, 0.1) is 0 Å². The van der Waals surface area contributed by atoms with Crippen LogP contribution in [0.25, 0.3) is 16.9 Å². The van der Waals surface area contributed by atoms with E-state index >= 15 is 0 Å². The number of aromatic nitrogens is 3. The highest BCUT2D eigenvalue weighted by atomic mass is 16.3. The molecule has 6 nitrogen and oxygen atoms in total. The minimum atomic E-state index is -0.413. The second-order valence-corrected chi connectivity index (χ2v) is 5.70. The summed E-state index contributed by atoms with van der Waals surface area (Å²) < 4.78 is 1.89. The van der Waals surface area contributed by atoms with E-state index < -0.39 is 6.10 Å². The van der Waals surface area contributed by atoms with E-state index in [9.17, 15) is 9.90 Å². The quantitative estimate of drug-likeness (QED) is 0.781. The largest absolute Gasteiger partial charge is 0.391 e. The van der Waals surface area contributed by atoms with Crippen LogP contribution in [-0.2, 0) is 0 Å². The third kappa shape index (κ3) is 2.47. The van der Waals surface area contributed by atoms with Gasteiger partial charge in [0.1, 0.15) is 12.1 Å². The number of nitrogens with zero attached hydrogens (tertiary/aromatic N) is 4. The Kier molecular flexibility index (Phi) is 3.31. The van der Waals surface area contributed by atoms with Crippen molar-refractivity contribution < 1.29 is 9.90 Å². The average molecular weight is 308 g/mol. The fourth-order valence-electron chi connectivity index (χ4n) is 2.91. The number of amides is 1. The van der Waals surface area contributed by atoms with Crippen molar-refractivity contribution in [3.05, 3.63) is 54.5 Å². The third-order valence-electron chi connectivity index (χ3n) is 4.15. The highest BCUT2D eigenvalue weighted by Gasteiger charge is 2.25. The molecule has 1 saturated heterocycles. The first-order valence-corrected chi connectivity index (χ1v) is 7.58. The molecule has 0 radical (unpaired) electrons. The molecule has 0 bridgehead atoms. The number of aliphatic hydroxyl groups excluding tert-OH is 1. The van der Waals surface area contributed by atoms with Crippen molar-refractivity contribution in [2.45, 2.75) is 12.5 Å². The lowest BCUT2D eigenvalue weighted by atomic mass is 10.2. The zero-order valence-corrected chi connectivity index (χ0v) is 12.5. The van der Waals surface area contributed by atoms with E-state index in [0.717, 1.165) is 16.9 Å². The van der Waals surface area contributed by atoms with Crippen molar-refractivity contribution in [2.24, 2.45) is 0 Å². The first-order chi connectivity index (χ1) is 11.2. The lowest BCUT2D eigenvalue weighted by molar-refractivity contribution is 0.0764. The molecule has 1 fully saturated rings. The number of hydrogen-bond acceptors (Lipinski definition) is 4. The van der Waals surface area contributed by atoms with Gasteiger partial charge in [0, 0.05) is 19.3 Å². The number of β-amino-alcohol motifs (C(OH)–C–C–N with tert-alkyl or cyclic N) is 1. The summed E-state index contributed by atoms with van der Waals surface area (Å²) in [6.45, 7) is 0.987. The molecule has 0 spiro atoms. The van der Waals surface area contributed by atoms with Crippen LogP contribution < -0.4 is 0 Å². The lowest BCUT2D eigenvalue weighted by Gasteiger charge is -2.15. The predicted octanol–water partition coefficient (Wildman–Crippen LogP) is 1.63. The summed E-state index contributed by atoms with van der Waals surface area (Å²) in [5.41, 5.74) is 2.41. The SMILES string of the molecule is O=C(c1ccc(-n2cnc3ccccc32)nc1)N1CC[C@@H](O)C1. The molecule has 3 aromatic rings.